The second-order valence-corrected chi connectivity index (χ2v) is 6.68. The van der Waals surface area contributed by atoms with E-state index in [1.54, 1.807) is 11.3 Å². The van der Waals surface area contributed by atoms with Gasteiger partial charge in [0.05, 0.1) is 14.0 Å². The van der Waals surface area contributed by atoms with Crippen molar-refractivity contribution in [3.8, 4) is 11.4 Å². The van der Waals surface area contributed by atoms with E-state index in [4.69, 9.17) is 5.11 Å². The topological polar surface area (TPSA) is 66.0 Å². The summed E-state index contributed by atoms with van der Waals surface area (Å²) in [6.07, 6.45) is 0. The lowest BCUT2D eigenvalue weighted by Crippen LogP contribution is -1.98. The van der Waals surface area contributed by atoms with Crippen molar-refractivity contribution in [2.45, 2.75) is 0 Å². The number of nitrogens with one attached hydrogen (secondary N) is 1. The van der Waals surface area contributed by atoms with Gasteiger partial charge in [0.25, 0.3) is 0 Å². The van der Waals surface area contributed by atoms with E-state index in [2.05, 4.69) is 32.6 Å². The average Bonchev–Trinajstić information content (AvgIpc) is 2.93. The van der Waals surface area contributed by atoms with Crippen LogP contribution in [-0.2, 0) is 0 Å². The fourth-order valence-electron chi connectivity index (χ4n) is 1.82. The van der Waals surface area contributed by atoms with Crippen molar-refractivity contribution in [1.29, 1.82) is 0 Å². The zero-order chi connectivity index (χ0) is 13.6. The first-order valence-corrected chi connectivity index (χ1v) is 7.17. The number of halogens is 2. The molecule has 0 aliphatic rings. The summed E-state index contributed by atoms with van der Waals surface area (Å²) in [7, 11) is 0. The fourth-order valence-corrected chi connectivity index (χ4v) is 3.15. The average molecular weight is 388 g/mol. The molecule has 7 heteroatoms. The molecule has 0 saturated heterocycles. The number of nitrogens with zero attached hydrogens (tertiary/aromatic N) is 1. The molecule has 0 radical (unpaired) electrons. The summed E-state index contributed by atoms with van der Waals surface area (Å²) in [5, 5.41) is 11.0. The highest BCUT2D eigenvalue weighted by Gasteiger charge is 2.16. The van der Waals surface area contributed by atoms with Crippen LogP contribution in [0.2, 0.25) is 0 Å². The molecule has 2 N–H and O–H groups in total. The van der Waals surface area contributed by atoms with E-state index in [1.165, 1.54) is 6.07 Å². The molecule has 0 unspecified atom stereocenters. The normalized spacial score (nSPS) is 11.1. The van der Waals surface area contributed by atoms with Crippen LogP contribution in [-0.4, -0.2) is 21.0 Å². The molecule has 2 aromatic heterocycles. The lowest BCUT2D eigenvalue weighted by Gasteiger charge is -1.95. The molecule has 0 spiro atoms. The predicted molar refractivity (Wildman–Crippen MR) is 79.0 cm³/mol. The van der Waals surface area contributed by atoms with Gasteiger partial charge >= 0.3 is 5.97 Å². The number of H-pyrrole nitrogens is 1. The number of hydrogen-bond acceptors (Lipinski definition) is 3. The SMILES string of the molecule is O=C(O)c1cc(F)cc2[nH]c(-c3csc(I)c3)nc12. The highest BCUT2D eigenvalue weighted by atomic mass is 127. The third kappa shape index (κ3) is 2.23. The van der Waals surface area contributed by atoms with Gasteiger partial charge < -0.3 is 10.1 Å². The first-order chi connectivity index (χ1) is 9.04. The first kappa shape index (κ1) is 12.5. The van der Waals surface area contributed by atoms with Crippen LogP contribution in [0.1, 0.15) is 10.4 Å². The highest BCUT2D eigenvalue weighted by Crippen LogP contribution is 2.28. The predicted octanol–water partition coefficient (Wildman–Crippen LogP) is 3.73. The molecule has 3 rings (SSSR count). The van der Waals surface area contributed by atoms with E-state index < -0.39 is 11.8 Å². The minimum Gasteiger partial charge on any atom is -0.478 e. The molecular weight excluding hydrogens is 382 g/mol. The van der Waals surface area contributed by atoms with Gasteiger partial charge in [0, 0.05) is 10.9 Å². The van der Waals surface area contributed by atoms with Gasteiger partial charge in [-0.15, -0.1) is 11.3 Å². The van der Waals surface area contributed by atoms with Crippen molar-refractivity contribution in [3.05, 3.63) is 37.8 Å². The maximum atomic E-state index is 13.4. The van der Waals surface area contributed by atoms with Crippen molar-refractivity contribution in [1.82, 2.24) is 9.97 Å². The zero-order valence-corrected chi connectivity index (χ0v) is 12.3. The summed E-state index contributed by atoms with van der Waals surface area (Å²) in [4.78, 5) is 18.3. The lowest BCUT2D eigenvalue weighted by atomic mass is 10.2. The number of fused-ring (bicyclic) bond motifs is 1. The standard InChI is InChI=1S/C12H6FIN2O2S/c13-6-2-7(12(17)18)10-8(3-6)15-11(16-10)5-1-9(14)19-4-5/h1-4H,(H,15,16)(H,17,18). The van der Waals surface area contributed by atoms with Gasteiger partial charge in [0.15, 0.2) is 0 Å². The minimum absolute atomic E-state index is 0.137. The lowest BCUT2D eigenvalue weighted by molar-refractivity contribution is 0.0698. The van der Waals surface area contributed by atoms with Gasteiger partial charge in [-0.1, -0.05) is 0 Å². The summed E-state index contributed by atoms with van der Waals surface area (Å²) in [6.45, 7) is 0. The van der Waals surface area contributed by atoms with E-state index in [0.717, 1.165) is 14.5 Å². The Balaban J connectivity index is 2.25. The molecule has 4 nitrogen and oxygen atoms in total. The second-order valence-electron chi connectivity index (χ2n) is 3.88. The summed E-state index contributed by atoms with van der Waals surface area (Å²) < 4.78 is 14.5. The van der Waals surface area contributed by atoms with Crippen molar-refractivity contribution in [3.63, 3.8) is 0 Å². The molecule has 3 aromatic rings. The Bertz CT molecular complexity index is 796. The molecule has 96 valence electrons. The highest BCUT2D eigenvalue weighted by molar-refractivity contribution is 14.1. The maximum absolute atomic E-state index is 13.4. The van der Waals surface area contributed by atoms with Crippen molar-refractivity contribution >= 4 is 50.9 Å². The Labute approximate surface area is 124 Å². The molecule has 0 saturated carbocycles. The number of aromatic amines is 1. The van der Waals surface area contributed by atoms with Crippen LogP contribution in [0.15, 0.2) is 23.6 Å². The maximum Gasteiger partial charge on any atom is 0.338 e. The van der Waals surface area contributed by atoms with Crippen LogP contribution in [0, 0.1) is 8.70 Å². The molecule has 0 atom stereocenters. The van der Waals surface area contributed by atoms with Crippen LogP contribution in [0.25, 0.3) is 22.4 Å². The van der Waals surface area contributed by atoms with Gasteiger partial charge in [-0.25, -0.2) is 14.2 Å². The Morgan fingerprint density at radius 1 is 1.42 bits per heavy atom. The summed E-state index contributed by atoms with van der Waals surface area (Å²) in [5.74, 6) is -1.25. The third-order valence-corrected chi connectivity index (χ3v) is 4.41. The summed E-state index contributed by atoms with van der Waals surface area (Å²) in [6, 6.07) is 4.15. The van der Waals surface area contributed by atoms with Crippen LogP contribution < -0.4 is 0 Å². The summed E-state index contributed by atoms with van der Waals surface area (Å²) >= 11 is 3.75. The Hall–Kier alpha value is -1.48. The molecule has 0 aliphatic carbocycles. The Morgan fingerprint density at radius 3 is 2.84 bits per heavy atom. The third-order valence-electron chi connectivity index (χ3n) is 2.62. The number of imidazole rings is 1. The van der Waals surface area contributed by atoms with E-state index in [0.29, 0.717) is 11.3 Å². The number of benzene rings is 1. The van der Waals surface area contributed by atoms with Crippen molar-refractivity contribution in [2.24, 2.45) is 0 Å². The van der Waals surface area contributed by atoms with Gasteiger partial charge in [0.1, 0.15) is 17.2 Å². The molecule has 1 aromatic carbocycles. The number of rotatable bonds is 2. The van der Waals surface area contributed by atoms with Gasteiger partial charge in [0.2, 0.25) is 0 Å². The van der Waals surface area contributed by atoms with Gasteiger partial charge in [-0.3, -0.25) is 0 Å². The number of aromatic carboxylic acids is 1. The molecule has 19 heavy (non-hydrogen) atoms. The number of carbonyl (C=O) groups is 1. The van der Waals surface area contributed by atoms with Crippen LogP contribution >= 0.6 is 33.9 Å². The van der Waals surface area contributed by atoms with Crippen LogP contribution in [0.3, 0.4) is 0 Å². The first-order valence-electron chi connectivity index (χ1n) is 5.21. The van der Waals surface area contributed by atoms with Gasteiger partial charge in [-0.2, -0.15) is 0 Å². The van der Waals surface area contributed by atoms with Crippen LogP contribution in [0.5, 0.6) is 0 Å². The Kier molecular flexibility index (Phi) is 3.02. The van der Waals surface area contributed by atoms with Crippen molar-refractivity contribution in [2.75, 3.05) is 0 Å². The number of hydrogen-bond donors (Lipinski definition) is 2. The number of thiophene rings is 1. The summed E-state index contributed by atoms with van der Waals surface area (Å²) in [5.41, 5.74) is 1.38. The second kappa shape index (κ2) is 4.57. The Morgan fingerprint density at radius 2 is 2.21 bits per heavy atom. The van der Waals surface area contributed by atoms with Crippen molar-refractivity contribution < 1.29 is 14.3 Å². The van der Waals surface area contributed by atoms with Gasteiger partial charge in [-0.05, 0) is 40.8 Å². The number of carboxylic acids is 1. The minimum atomic E-state index is -1.19. The molecule has 0 bridgehead atoms. The molecule has 2 heterocycles. The van der Waals surface area contributed by atoms with E-state index in [1.807, 2.05) is 11.4 Å². The van der Waals surface area contributed by atoms with E-state index in [-0.39, 0.29) is 11.1 Å². The smallest absolute Gasteiger partial charge is 0.338 e. The van der Waals surface area contributed by atoms with E-state index >= 15 is 0 Å². The number of aromatic nitrogens is 2. The fraction of sp³-hybridized carbons (Fsp3) is 0. The van der Waals surface area contributed by atoms with Crippen LogP contribution in [0.4, 0.5) is 4.39 Å². The molecule has 0 fully saturated rings. The molecule has 0 amide bonds. The quantitative estimate of drug-likeness (QED) is 0.658. The molecule has 0 aliphatic heterocycles. The zero-order valence-electron chi connectivity index (χ0n) is 9.28. The largest absolute Gasteiger partial charge is 0.478 e. The monoisotopic (exact) mass is 388 g/mol. The number of carboxylic acid groups (broad SMARTS) is 1. The molecular formula is C12H6FIN2O2S. The van der Waals surface area contributed by atoms with E-state index in [9.17, 15) is 9.18 Å².